The van der Waals surface area contributed by atoms with Gasteiger partial charge in [-0.2, -0.15) is 0 Å². The second kappa shape index (κ2) is 7.48. The first kappa shape index (κ1) is 18.8. The molecule has 6 nitrogen and oxygen atoms in total. The number of aryl methyl sites for hydroxylation is 2. The van der Waals surface area contributed by atoms with Crippen LogP contribution in [0, 0.1) is 13.8 Å². The number of piperazine rings is 1. The summed E-state index contributed by atoms with van der Waals surface area (Å²) in [6.45, 7) is 9.39. The minimum Gasteiger partial charge on any atom is -0.340 e. The van der Waals surface area contributed by atoms with E-state index in [-0.39, 0.29) is 11.5 Å². The standard InChI is InChI=1S/C21H24N4O2S/c1-13-4-5-16(10-14(13)2)17-12-28-21-19(17)20(27)22-18(23-21)11-24-6-8-25(9-7-24)15(3)26/h4-5,10,12H,6-9,11H2,1-3H3,(H,22,23,27). The predicted molar refractivity (Wildman–Crippen MR) is 113 cm³/mol. The van der Waals surface area contributed by atoms with Gasteiger partial charge in [0.25, 0.3) is 5.56 Å². The minimum atomic E-state index is -0.0862. The third-order valence-corrected chi connectivity index (χ3v) is 6.37. The Labute approximate surface area is 167 Å². The lowest BCUT2D eigenvalue weighted by molar-refractivity contribution is -0.130. The Morgan fingerprint density at radius 3 is 2.61 bits per heavy atom. The maximum Gasteiger partial charge on any atom is 0.260 e. The molecular weight excluding hydrogens is 372 g/mol. The zero-order chi connectivity index (χ0) is 19.8. The van der Waals surface area contributed by atoms with Crippen molar-refractivity contribution >= 4 is 27.5 Å². The summed E-state index contributed by atoms with van der Waals surface area (Å²) in [5, 5.41) is 2.69. The number of amides is 1. The van der Waals surface area contributed by atoms with Crippen LogP contribution < -0.4 is 5.56 Å². The van der Waals surface area contributed by atoms with E-state index < -0.39 is 0 Å². The average Bonchev–Trinajstić information content (AvgIpc) is 3.09. The molecule has 0 atom stereocenters. The highest BCUT2D eigenvalue weighted by Crippen LogP contribution is 2.31. The van der Waals surface area contributed by atoms with E-state index in [0.717, 1.165) is 42.1 Å². The van der Waals surface area contributed by atoms with Crippen LogP contribution in [0.25, 0.3) is 21.3 Å². The van der Waals surface area contributed by atoms with Gasteiger partial charge in [0.2, 0.25) is 5.91 Å². The number of fused-ring (bicyclic) bond motifs is 1. The van der Waals surface area contributed by atoms with Gasteiger partial charge in [0.05, 0.1) is 11.9 Å². The Morgan fingerprint density at radius 1 is 1.18 bits per heavy atom. The lowest BCUT2D eigenvalue weighted by Crippen LogP contribution is -2.47. The molecule has 146 valence electrons. The molecule has 0 saturated carbocycles. The number of H-pyrrole nitrogens is 1. The van der Waals surface area contributed by atoms with Gasteiger partial charge in [0.1, 0.15) is 10.7 Å². The van der Waals surface area contributed by atoms with Crippen molar-refractivity contribution in [1.29, 1.82) is 0 Å². The smallest absolute Gasteiger partial charge is 0.260 e. The normalized spacial score (nSPS) is 15.3. The highest BCUT2D eigenvalue weighted by Gasteiger charge is 2.20. The van der Waals surface area contributed by atoms with Crippen molar-refractivity contribution in [3.05, 3.63) is 50.9 Å². The average molecular weight is 397 g/mol. The zero-order valence-corrected chi connectivity index (χ0v) is 17.2. The van der Waals surface area contributed by atoms with Crippen LogP contribution in [0.15, 0.2) is 28.4 Å². The molecule has 1 fully saturated rings. The van der Waals surface area contributed by atoms with Crippen molar-refractivity contribution in [2.24, 2.45) is 0 Å². The molecule has 3 aromatic rings. The second-order valence-corrected chi connectivity index (χ2v) is 8.28. The minimum absolute atomic E-state index is 0.0862. The molecule has 0 aliphatic carbocycles. The summed E-state index contributed by atoms with van der Waals surface area (Å²) >= 11 is 1.51. The molecule has 0 radical (unpaired) electrons. The number of nitrogens with one attached hydrogen (secondary N) is 1. The van der Waals surface area contributed by atoms with Crippen LogP contribution in [0.3, 0.4) is 0 Å². The molecule has 28 heavy (non-hydrogen) atoms. The summed E-state index contributed by atoms with van der Waals surface area (Å²) in [5.74, 6) is 0.798. The molecule has 4 rings (SSSR count). The van der Waals surface area contributed by atoms with Gasteiger partial charge in [-0.15, -0.1) is 11.3 Å². The molecule has 1 saturated heterocycles. The van der Waals surface area contributed by atoms with Gasteiger partial charge >= 0.3 is 0 Å². The quantitative estimate of drug-likeness (QED) is 0.739. The van der Waals surface area contributed by atoms with Crippen LogP contribution in [0.1, 0.15) is 23.9 Å². The molecule has 1 aromatic carbocycles. The molecule has 0 unspecified atom stereocenters. The third-order valence-electron chi connectivity index (χ3n) is 5.50. The summed E-state index contributed by atoms with van der Waals surface area (Å²) in [5.41, 5.74) is 4.36. The first-order valence-corrected chi connectivity index (χ1v) is 10.4. The van der Waals surface area contributed by atoms with Crippen LogP contribution in [0.2, 0.25) is 0 Å². The number of benzene rings is 1. The Bertz CT molecular complexity index is 1090. The lowest BCUT2D eigenvalue weighted by Gasteiger charge is -2.33. The number of aromatic amines is 1. The van der Waals surface area contributed by atoms with Gasteiger partial charge in [0, 0.05) is 44.0 Å². The Kier molecular flexibility index (Phi) is 5.03. The van der Waals surface area contributed by atoms with Crippen LogP contribution >= 0.6 is 11.3 Å². The zero-order valence-electron chi connectivity index (χ0n) is 16.4. The van der Waals surface area contributed by atoms with E-state index in [2.05, 4.69) is 41.9 Å². The number of thiophene rings is 1. The van der Waals surface area contributed by atoms with Crippen LogP contribution in [-0.4, -0.2) is 51.9 Å². The van der Waals surface area contributed by atoms with Crippen molar-refractivity contribution in [1.82, 2.24) is 19.8 Å². The van der Waals surface area contributed by atoms with E-state index in [4.69, 9.17) is 4.98 Å². The highest BCUT2D eigenvalue weighted by molar-refractivity contribution is 7.17. The molecule has 0 spiro atoms. The van der Waals surface area contributed by atoms with E-state index >= 15 is 0 Å². The molecule has 0 bridgehead atoms. The molecule has 1 amide bonds. The number of aromatic nitrogens is 2. The van der Waals surface area contributed by atoms with E-state index in [1.807, 2.05) is 10.3 Å². The molecule has 7 heteroatoms. The van der Waals surface area contributed by atoms with Gasteiger partial charge in [-0.05, 0) is 30.5 Å². The topological polar surface area (TPSA) is 69.3 Å². The van der Waals surface area contributed by atoms with E-state index in [9.17, 15) is 9.59 Å². The van der Waals surface area contributed by atoms with E-state index in [0.29, 0.717) is 17.8 Å². The molecule has 2 aromatic heterocycles. The number of rotatable bonds is 3. The maximum atomic E-state index is 12.8. The number of carbonyl (C=O) groups is 1. The maximum absolute atomic E-state index is 12.8. The van der Waals surface area contributed by atoms with Crippen molar-refractivity contribution in [3.63, 3.8) is 0 Å². The highest BCUT2D eigenvalue weighted by atomic mass is 32.1. The van der Waals surface area contributed by atoms with E-state index in [1.165, 1.54) is 22.5 Å². The first-order chi connectivity index (χ1) is 13.4. The number of hydrogen-bond acceptors (Lipinski definition) is 5. The lowest BCUT2D eigenvalue weighted by atomic mass is 10.0. The van der Waals surface area contributed by atoms with Crippen molar-refractivity contribution < 1.29 is 4.79 Å². The first-order valence-electron chi connectivity index (χ1n) is 9.48. The van der Waals surface area contributed by atoms with Crippen LogP contribution in [-0.2, 0) is 11.3 Å². The fraction of sp³-hybridized carbons (Fsp3) is 0.381. The van der Waals surface area contributed by atoms with Crippen LogP contribution in [0.4, 0.5) is 0 Å². The number of nitrogens with zero attached hydrogens (tertiary/aromatic N) is 3. The summed E-state index contributed by atoms with van der Waals surface area (Å²) in [6, 6.07) is 6.27. The SMILES string of the molecule is CC(=O)N1CCN(Cc2nc3scc(-c4ccc(C)c(C)c4)c3c(=O)[nH]2)CC1. The number of hydrogen-bond donors (Lipinski definition) is 1. The fourth-order valence-corrected chi connectivity index (χ4v) is 4.59. The van der Waals surface area contributed by atoms with Crippen molar-refractivity contribution in [2.45, 2.75) is 27.3 Å². The van der Waals surface area contributed by atoms with Gasteiger partial charge < -0.3 is 9.88 Å². The van der Waals surface area contributed by atoms with Gasteiger partial charge in [-0.1, -0.05) is 18.2 Å². The van der Waals surface area contributed by atoms with Crippen molar-refractivity contribution in [3.8, 4) is 11.1 Å². The second-order valence-electron chi connectivity index (χ2n) is 7.42. The summed E-state index contributed by atoms with van der Waals surface area (Å²) in [6.07, 6.45) is 0. The van der Waals surface area contributed by atoms with E-state index in [1.54, 1.807) is 6.92 Å². The van der Waals surface area contributed by atoms with Gasteiger partial charge in [-0.3, -0.25) is 14.5 Å². The fourth-order valence-electron chi connectivity index (χ4n) is 3.62. The molecule has 1 aliphatic heterocycles. The Morgan fingerprint density at radius 2 is 1.93 bits per heavy atom. The molecule has 3 heterocycles. The van der Waals surface area contributed by atoms with Gasteiger partial charge in [0.15, 0.2) is 0 Å². The van der Waals surface area contributed by atoms with Gasteiger partial charge in [-0.25, -0.2) is 4.98 Å². The van der Waals surface area contributed by atoms with Crippen molar-refractivity contribution in [2.75, 3.05) is 26.2 Å². The molecular formula is C21H24N4O2S. The predicted octanol–water partition coefficient (Wildman–Crippen LogP) is 2.93. The largest absolute Gasteiger partial charge is 0.340 e. The molecule has 1 N–H and O–H groups in total. The number of carbonyl (C=O) groups excluding carboxylic acids is 1. The Balaban J connectivity index is 1.59. The summed E-state index contributed by atoms with van der Waals surface area (Å²) < 4.78 is 0. The summed E-state index contributed by atoms with van der Waals surface area (Å²) in [4.78, 5) is 36.8. The Hall–Kier alpha value is -2.51. The molecule has 1 aliphatic rings. The van der Waals surface area contributed by atoms with Crippen LogP contribution in [0.5, 0.6) is 0 Å². The summed E-state index contributed by atoms with van der Waals surface area (Å²) in [7, 11) is 0. The monoisotopic (exact) mass is 396 g/mol. The third kappa shape index (κ3) is 3.59.